The van der Waals surface area contributed by atoms with Crippen LogP contribution in [0.1, 0.15) is 11.1 Å². The van der Waals surface area contributed by atoms with Crippen LogP contribution in [0.2, 0.25) is 0 Å². The summed E-state index contributed by atoms with van der Waals surface area (Å²) in [6, 6.07) is 127. The van der Waals surface area contributed by atoms with E-state index >= 15 is 0 Å². The number of fused-ring (bicyclic) bond motifs is 4. The maximum atomic E-state index is 10.4. The van der Waals surface area contributed by atoms with Crippen LogP contribution in [0.25, 0.3) is 90.1 Å². The van der Waals surface area contributed by atoms with Gasteiger partial charge in [0.05, 0.1) is 22.8 Å². The first-order chi connectivity index (χ1) is 59.0. The Bertz CT molecular complexity index is 6420. The number of hydrogen-bond acceptors (Lipinski definition) is 16. The van der Waals surface area contributed by atoms with Gasteiger partial charge in [0.1, 0.15) is 34.6 Å². The molecule has 2 aliphatic heterocycles. The van der Waals surface area contributed by atoms with E-state index in [1.807, 2.05) is 310 Å². The van der Waals surface area contributed by atoms with Crippen molar-refractivity contribution >= 4 is 57.1 Å². The van der Waals surface area contributed by atoms with E-state index in [1.54, 1.807) is 54.9 Å². The number of aromatic hydroxyl groups is 4. The molecule has 0 saturated heterocycles. The number of aryl methyl sites for hydroxylation is 2. The van der Waals surface area contributed by atoms with Gasteiger partial charge >= 0.3 is 33.0 Å². The Kier molecular flexibility index (Phi) is 29.1. The number of benzene rings is 11. The molecule has 16 nitrogen and oxygen atoms in total. The van der Waals surface area contributed by atoms with Crippen LogP contribution in [0.3, 0.4) is 0 Å². The van der Waals surface area contributed by atoms with Gasteiger partial charge in [-0.25, -0.2) is 9.97 Å². The van der Waals surface area contributed by atoms with E-state index in [1.165, 1.54) is 11.1 Å². The standard InChI is InChI=1S/C30H22N3O.C28H20N3O.C25H19N3O.C21H17N3O.4Ni/c34-28-11-5-4-10-25(28)27-18-16-22-14-13-21-15-17-24(20-26(21)30(22)32-27)33(23-8-2-1-3-9-23)29-12-6-7-19-31-29;32-27-17-5-4-14-24(27)26-16-9-15-25(30-26)21-10-8-13-23(20-21)31(22-11-2-1-3-12-22)28-18-6-7-19-29-28;1-27-17-28(24-14-4-3-13-23(24)27)19-9-6-8-18(16-19)21-11-7-12-22(26-21)20-10-2-5-15-25(20)29;1-23-12-13-24(15-23)17-7-4-6-16(14-17)19-9-5-10-20(22-19)18-8-2-3-11-21(18)25;;;;/h1-12,15-19,34H,13-14H2;1-19,32H;2-15,17,29H,1H3;2-13,15,25H,1H3;;;;/q2*-1;2*-2;;;2*+2. The molecule has 0 fully saturated rings. The third kappa shape index (κ3) is 20.0. The van der Waals surface area contributed by atoms with Crippen molar-refractivity contribution in [2.45, 2.75) is 12.8 Å². The van der Waals surface area contributed by atoms with Gasteiger partial charge < -0.3 is 49.8 Å². The first kappa shape index (κ1) is 87.8. The monoisotopic (exact) mass is 1790 g/mol. The molecule has 17 aromatic rings. The van der Waals surface area contributed by atoms with E-state index in [4.69, 9.17) is 19.9 Å². The molecule has 0 amide bonds. The van der Waals surface area contributed by atoms with Crippen LogP contribution in [-0.2, 0) is 78.8 Å². The third-order valence-electron chi connectivity index (χ3n) is 20.4. The Hall–Kier alpha value is -14.0. The summed E-state index contributed by atoms with van der Waals surface area (Å²) in [6.45, 7) is 4.05. The second-order valence-electron chi connectivity index (χ2n) is 28.4. The quantitative estimate of drug-likeness (QED) is 0.0562. The Morgan fingerprint density at radius 1 is 0.323 bits per heavy atom. The molecule has 0 spiro atoms. The van der Waals surface area contributed by atoms with E-state index in [-0.39, 0.29) is 89.0 Å². The van der Waals surface area contributed by atoms with Gasteiger partial charge in [-0.05, 0) is 201 Å². The summed E-state index contributed by atoms with van der Waals surface area (Å²) in [5, 5.41) is 40.8. The van der Waals surface area contributed by atoms with Crippen molar-refractivity contribution < 1.29 is 86.4 Å². The molecule has 8 heterocycles. The zero-order chi connectivity index (χ0) is 81.7. The van der Waals surface area contributed by atoms with Crippen LogP contribution < -0.4 is 24.5 Å². The molecule has 0 saturated carbocycles. The number of para-hydroxylation sites is 8. The Morgan fingerprint density at radius 2 is 0.718 bits per heavy atom. The van der Waals surface area contributed by atoms with Crippen LogP contribution in [0.5, 0.6) is 23.0 Å². The minimum Gasteiger partial charge on any atom is -0.510 e. The minimum absolute atomic E-state index is 0. The molecule has 0 unspecified atom stereocenters. The second kappa shape index (κ2) is 41.1. The van der Waals surface area contributed by atoms with Gasteiger partial charge in [0.2, 0.25) is 0 Å². The fourth-order valence-corrected chi connectivity index (χ4v) is 14.6. The Labute approximate surface area is 762 Å². The molecular formula is C104H78N12Ni4O4-2. The number of phenolic OH excluding ortho intramolecular Hbond substituents is 4. The molecule has 6 aromatic heterocycles. The SMILES string of the molecule is CN1C=CN(c2[c-]c(-c3cccc(-c4ccccc4O)n3)ccc2)[CH-]1.CN1[CH-]N(c2[c-]c(-c3cccc(-c4ccccc4O)n3)ccc2)c2ccccc21.Oc1ccccc1-c1ccc2c(n1)-c1[c-]c(N(c3ccccc3)c3ccccn3)ccc1CC2.Oc1ccccc1-c1cccc(-c2[c-]c(N(c3ccccc3)c3ccccn3)ccc2)n1.[Ni+2].[Ni+2].[Ni].[Ni]. The molecule has 620 valence electrons. The molecule has 0 atom stereocenters. The van der Waals surface area contributed by atoms with Gasteiger partial charge in [-0.2, -0.15) is 13.3 Å². The zero-order valence-corrected chi connectivity index (χ0v) is 70.7. The summed E-state index contributed by atoms with van der Waals surface area (Å²) in [7, 11) is 4.03. The van der Waals surface area contributed by atoms with Crippen molar-refractivity contribution in [2.24, 2.45) is 0 Å². The summed E-state index contributed by atoms with van der Waals surface area (Å²) >= 11 is 0. The summed E-state index contributed by atoms with van der Waals surface area (Å²) < 4.78 is 0. The van der Waals surface area contributed by atoms with Crippen LogP contribution >= 0.6 is 0 Å². The smallest absolute Gasteiger partial charge is 0.510 e. The Balaban J connectivity index is 0.000000141. The van der Waals surface area contributed by atoms with Crippen LogP contribution in [0.4, 0.5) is 57.1 Å². The zero-order valence-electron chi connectivity index (χ0n) is 66.8. The van der Waals surface area contributed by atoms with Crippen molar-refractivity contribution in [2.75, 3.05) is 38.6 Å². The number of nitrogens with zero attached hydrogens (tertiary/aromatic N) is 12. The fourth-order valence-electron chi connectivity index (χ4n) is 14.6. The number of hydrogen-bond donors (Lipinski definition) is 4. The van der Waals surface area contributed by atoms with Gasteiger partial charge in [0, 0.05) is 90.4 Å². The van der Waals surface area contributed by atoms with E-state index in [9.17, 15) is 20.4 Å². The third-order valence-corrected chi connectivity index (χ3v) is 20.4. The number of aromatic nitrogens is 6. The molecule has 0 radical (unpaired) electrons. The molecule has 20 heteroatoms. The summed E-state index contributed by atoms with van der Waals surface area (Å²) in [4.78, 5) is 40.9. The molecule has 11 aromatic carbocycles. The van der Waals surface area contributed by atoms with Gasteiger partial charge in [0.25, 0.3) is 0 Å². The van der Waals surface area contributed by atoms with E-state index in [2.05, 4.69) is 103 Å². The summed E-state index contributed by atoms with van der Waals surface area (Å²) in [5.74, 6) is 2.53. The summed E-state index contributed by atoms with van der Waals surface area (Å²) in [6.07, 6.45) is 9.45. The second-order valence-corrected chi connectivity index (χ2v) is 28.4. The molecule has 0 bridgehead atoms. The maximum absolute atomic E-state index is 10.4. The first-order valence-corrected chi connectivity index (χ1v) is 39.2. The molecule has 124 heavy (non-hydrogen) atoms. The van der Waals surface area contributed by atoms with Crippen molar-refractivity contribution in [1.82, 2.24) is 34.8 Å². The van der Waals surface area contributed by atoms with Crippen molar-refractivity contribution in [3.63, 3.8) is 0 Å². The molecule has 4 N–H and O–H groups in total. The molecule has 1 aliphatic carbocycles. The average molecular weight is 1790 g/mol. The topological polar surface area (TPSA) is 178 Å². The van der Waals surface area contributed by atoms with Crippen molar-refractivity contribution in [1.29, 1.82) is 0 Å². The first-order valence-electron chi connectivity index (χ1n) is 39.2. The van der Waals surface area contributed by atoms with Crippen molar-refractivity contribution in [3.8, 4) is 113 Å². The van der Waals surface area contributed by atoms with Crippen LogP contribution in [0.15, 0.2) is 377 Å². The number of anilines is 10. The van der Waals surface area contributed by atoms with Gasteiger partial charge in [-0.3, -0.25) is 19.9 Å². The molecule has 3 aliphatic rings. The number of pyridine rings is 6. The summed E-state index contributed by atoms with van der Waals surface area (Å²) in [5.41, 5.74) is 23.2. The molecule has 20 rings (SSSR count). The normalized spacial score (nSPS) is 11.8. The number of phenols is 4. The predicted octanol–water partition coefficient (Wildman–Crippen LogP) is 23.6. The van der Waals surface area contributed by atoms with Gasteiger partial charge in [-0.15, -0.1) is 119 Å². The fraction of sp³-hybridized carbons (Fsp3) is 0.0385. The van der Waals surface area contributed by atoms with E-state index in [0.717, 1.165) is 143 Å². The Morgan fingerprint density at radius 3 is 1.19 bits per heavy atom. The average Bonchev–Trinajstić information content (AvgIpc) is 1.41. The predicted molar refractivity (Wildman–Crippen MR) is 480 cm³/mol. The van der Waals surface area contributed by atoms with Gasteiger partial charge in [0.15, 0.2) is 0 Å². The van der Waals surface area contributed by atoms with Crippen LogP contribution in [-0.4, -0.2) is 69.3 Å². The van der Waals surface area contributed by atoms with Gasteiger partial charge in [-0.1, -0.05) is 175 Å². The van der Waals surface area contributed by atoms with Crippen LogP contribution in [0, 0.1) is 37.6 Å². The largest absolute Gasteiger partial charge is 2.00 e. The van der Waals surface area contributed by atoms with E-state index in [0.29, 0.717) is 16.8 Å². The maximum Gasteiger partial charge on any atom is 2.00 e. The number of rotatable bonds is 15. The van der Waals surface area contributed by atoms with E-state index < -0.39 is 0 Å². The van der Waals surface area contributed by atoms with Crippen molar-refractivity contribution in [3.05, 3.63) is 425 Å². The molecular weight excluding hydrogens is 1720 g/mol. The minimum atomic E-state index is 0.